The van der Waals surface area contributed by atoms with Gasteiger partial charge in [-0.15, -0.1) is 0 Å². The Hall–Kier alpha value is -2.03. The van der Waals surface area contributed by atoms with E-state index in [1.807, 2.05) is 6.07 Å². The van der Waals surface area contributed by atoms with Crippen molar-refractivity contribution in [1.82, 2.24) is 0 Å². The van der Waals surface area contributed by atoms with Crippen molar-refractivity contribution < 1.29 is 9.90 Å². The molecule has 0 bridgehead atoms. The van der Waals surface area contributed by atoms with Gasteiger partial charge in [-0.25, -0.2) is 0 Å². The van der Waals surface area contributed by atoms with E-state index in [0.29, 0.717) is 15.7 Å². The molecule has 2 N–H and O–H groups in total. The second kappa shape index (κ2) is 5.95. The summed E-state index contributed by atoms with van der Waals surface area (Å²) in [6.07, 6.45) is 0. The summed E-state index contributed by atoms with van der Waals surface area (Å²) < 4.78 is 0.673. The van der Waals surface area contributed by atoms with Crippen LogP contribution >= 0.6 is 27.5 Å². The normalized spacial score (nSPS) is 9.85. The van der Waals surface area contributed by atoms with E-state index in [0.717, 1.165) is 0 Å². The molecule has 0 spiro atoms. The molecule has 0 aliphatic rings. The van der Waals surface area contributed by atoms with Crippen LogP contribution in [0.5, 0.6) is 5.75 Å². The third-order valence-corrected chi connectivity index (χ3v) is 3.36. The number of amides is 1. The van der Waals surface area contributed by atoms with Gasteiger partial charge in [0.15, 0.2) is 0 Å². The molecule has 20 heavy (non-hydrogen) atoms. The lowest BCUT2D eigenvalue weighted by atomic mass is 10.1. The van der Waals surface area contributed by atoms with Crippen LogP contribution in [0.2, 0.25) is 5.02 Å². The fourth-order valence-electron chi connectivity index (χ4n) is 1.57. The monoisotopic (exact) mass is 350 g/mol. The van der Waals surface area contributed by atoms with Gasteiger partial charge in [-0.05, 0) is 36.4 Å². The highest BCUT2D eigenvalue weighted by atomic mass is 79.9. The van der Waals surface area contributed by atoms with Crippen LogP contribution in [0.1, 0.15) is 15.9 Å². The smallest absolute Gasteiger partial charge is 0.259 e. The van der Waals surface area contributed by atoms with Crippen LogP contribution in [0, 0.1) is 11.3 Å². The minimum atomic E-state index is -0.490. The number of anilines is 1. The molecule has 0 aliphatic carbocycles. The van der Waals surface area contributed by atoms with Crippen LogP contribution in [-0.2, 0) is 0 Å². The molecule has 4 nitrogen and oxygen atoms in total. The summed E-state index contributed by atoms with van der Waals surface area (Å²) >= 11 is 9.20. The Morgan fingerprint density at radius 3 is 2.70 bits per heavy atom. The topological polar surface area (TPSA) is 73.1 Å². The largest absolute Gasteiger partial charge is 0.507 e. The maximum atomic E-state index is 12.1. The zero-order chi connectivity index (χ0) is 14.7. The van der Waals surface area contributed by atoms with Gasteiger partial charge in [-0.2, -0.15) is 5.26 Å². The van der Waals surface area contributed by atoms with Crippen LogP contribution in [0.4, 0.5) is 5.69 Å². The Balaban J connectivity index is 2.28. The summed E-state index contributed by atoms with van der Waals surface area (Å²) in [5.41, 5.74) is 0.896. The Kier molecular flexibility index (Phi) is 4.28. The van der Waals surface area contributed by atoms with Gasteiger partial charge in [0.05, 0.1) is 27.9 Å². The number of nitriles is 1. The third-order valence-electron chi connectivity index (χ3n) is 2.55. The molecule has 6 heteroatoms. The lowest BCUT2D eigenvalue weighted by Crippen LogP contribution is -2.12. The Morgan fingerprint density at radius 1 is 1.30 bits per heavy atom. The molecule has 0 fully saturated rings. The number of halogens is 2. The van der Waals surface area contributed by atoms with Gasteiger partial charge in [-0.1, -0.05) is 27.5 Å². The van der Waals surface area contributed by atoms with E-state index < -0.39 is 5.91 Å². The lowest BCUT2D eigenvalue weighted by molar-refractivity contribution is 0.102. The maximum Gasteiger partial charge on any atom is 0.259 e. The molecule has 2 rings (SSSR count). The number of carbonyl (C=O) groups is 1. The van der Waals surface area contributed by atoms with E-state index in [-0.39, 0.29) is 16.3 Å². The number of hydrogen-bond donors (Lipinski definition) is 2. The number of phenolic OH excluding ortho intramolecular Hbond substituents is 1. The number of rotatable bonds is 2. The summed E-state index contributed by atoms with van der Waals surface area (Å²) in [5, 5.41) is 21.3. The molecule has 0 aromatic heterocycles. The predicted molar refractivity (Wildman–Crippen MR) is 79.9 cm³/mol. The predicted octanol–water partition coefficient (Wildman–Crippen LogP) is 3.93. The fourth-order valence-corrected chi connectivity index (χ4v) is 2.15. The maximum absolute atomic E-state index is 12.1. The zero-order valence-electron chi connectivity index (χ0n) is 10.0. The molecule has 0 aliphatic heterocycles. The molecule has 0 unspecified atom stereocenters. The average molecular weight is 352 g/mol. The van der Waals surface area contributed by atoms with Crippen molar-refractivity contribution in [3.8, 4) is 11.8 Å². The number of nitrogens with one attached hydrogen (secondary N) is 1. The van der Waals surface area contributed by atoms with Gasteiger partial charge in [0.25, 0.3) is 5.91 Å². The quantitative estimate of drug-likeness (QED) is 0.861. The van der Waals surface area contributed by atoms with Crippen LogP contribution < -0.4 is 5.32 Å². The van der Waals surface area contributed by atoms with Crippen molar-refractivity contribution in [2.45, 2.75) is 0 Å². The minimum Gasteiger partial charge on any atom is -0.507 e. The Bertz CT molecular complexity index is 726. The summed E-state index contributed by atoms with van der Waals surface area (Å²) in [7, 11) is 0. The third kappa shape index (κ3) is 3.10. The number of hydrogen-bond acceptors (Lipinski definition) is 3. The van der Waals surface area contributed by atoms with Crippen molar-refractivity contribution >= 4 is 39.1 Å². The molecule has 0 heterocycles. The Morgan fingerprint density at radius 2 is 2.05 bits per heavy atom. The molecule has 0 atom stereocenters. The molecule has 0 radical (unpaired) electrons. The number of benzene rings is 2. The standard InChI is InChI=1S/C14H8BrClN2O2/c15-9-2-4-13(19)10(6-9)14(20)18-12-3-1-8(7-17)5-11(12)16/h1-6,19H,(H,18,20). The van der Waals surface area contributed by atoms with Gasteiger partial charge in [0, 0.05) is 4.47 Å². The molecule has 2 aromatic carbocycles. The number of phenols is 1. The fraction of sp³-hybridized carbons (Fsp3) is 0. The first-order valence-electron chi connectivity index (χ1n) is 5.51. The summed E-state index contributed by atoms with van der Waals surface area (Å²) in [5.74, 6) is -0.620. The van der Waals surface area contributed by atoms with Gasteiger partial charge >= 0.3 is 0 Å². The highest BCUT2D eigenvalue weighted by Crippen LogP contribution is 2.26. The summed E-state index contributed by atoms with van der Waals surface area (Å²) in [6, 6.07) is 11.0. The van der Waals surface area contributed by atoms with E-state index >= 15 is 0 Å². The second-order valence-corrected chi connectivity index (χ2v) is 5.24. The van der Waals surface area contributed by atoms with Gasteiger partial charge in [0.2, 0.25) is 0 Å². The van der Waals surface area contributed by atoms with Gasteiger partial charge in [-0.3, -0.25) is 4.79 Å². The van der Waals surface area contributed by atoms with E-state index in [4.69, 9.17) is 16.9 Å². The molecular formula is C14H8BrClN2O2. The van der Waals surface area contributed by atoms with Crippen molar-refractivity contribution in [3.05, 3.63) is 57.0 Å². The van der Waals surface area contributed by atoms with E-state index in [1.54, 1.807) is 12.1 Å². The van der Waals surface area contributed by atoms with E-state index in [2.05, 4.69) is 21.2 Å². The van der Waals surface area contributed by atoms with Gasteiger partial charge < -0.3 is 10.4 Å². The van der Waals surface area contributed by atoms with Gasteiger partial charge in [0.1, 0.15) is 5.75 Å². The molecule has 0 saturated heterocycles. The van der Waals surface area contributed by atoms with Crippen molar-refractivity contribution in [3.63, 3.8) is 0 Å². The average Bonchev–Trinajstić information content (AvgIpc) is 2.43. The second-order valence-electron chi connectivity index (χ2n) is 3.92. The zero-order valence-corrected chi connectivity index (χ0v) is 12.4. The molecular weight excluding hydrogens is 344 g/mol. The molecule has 100 valence electrons. The molecule has 2 aromatic rings. The molecule has 1 amide bonds. The molecule has 0 saturated carbocycles. The van der Waals surface area contributed by atoms with Crippen LogP contribution in [0.15, 0.2) is 40.9 Å². The minimum absolute atomic E-state index is 0.125. The first-order valence-corrected chi connectivity index (χ1v) is 6.68. The first-order chi connectivity index (χ1) is 9.51. The van der Waals surface area contributed by atoms with Crippen LogP contribution in [0.3, 0.4) is 0 Å². The van der Waals surface area contributed by atoms with E-state index in [9.17, 15) is 9.90 Å². The van der Waals surface area contributed by atoms with Crippen molar-refractivity contribution in [2.24, 2.45) is 0 Å². The Labute approximate surface area is 128 Å². The van der Waals surface area contributed by atoms with Crippen molar-refractivity contribution in [2.75, 3.05) is 5.32 Å². The number of carbonyl (C=O) groups excluding carboxylic acids is 1. The SMILES string of the molecule is N#Cc1ccc(NC(=O)c2cc(Br)ccc2O)c(Cl)c1. The summed E-state index contributed by atoms with van der Waals surface area (Å²) in [6.45, 7) is 0. The van der Waals surface area contributed by atoms with Crippen LogP contribution in [-0.4, -0.2) is 11.0 Å². The number of nitrogens with zero attached hydrogens (tertiary/aromatic N) is 1. The number of aromatic hydroxyl groups is 1. The lowest BCUT2D eigenvalue weighted by Gasteiger charge is -2.09. The van der Waals surface area contributed by atoms with E-state index in [1.165, 1.54) is 24.3 Å². The van der Waals surface area contributed by atoms with Crippen molar-refractivity contribution in [1.29, 1.82) is 5.26 Å². The highest BCUT2D eigenvalue weighted by Gasteiger charge is 2.13. The van der Waals surface area contributed by atoms with Crippen LogP contribution in [0.25, 0.3) is 0 Å². The highest BCUT2D eigenvalue weighted by molar-refractivity contribution is 9.10. The first kappa shape index (κ1) is 14.4. The summed E-state index contributed by atoms with van der Waals surface area (Å²) in [4.78, 5) is 12.1.